The van der Waals surface area contributed by atoms with Crippen molar-refractivity contribution < 1.29 is 4.79 Å². The second-order valence-electron chi connectivity index (χ2n) is 4.73. The first-order chi connectivity index (χ1) is 8.72. The van der Waals surface area contributed by atoms with E-state index in [0.717, 1.165) is 50.5 Å². The van der Waals surface area contributed by atoms with Gasteiger partial charge in [-0.05, 0) is 13.3 Å². The van der Waals surface area contributed by atoms with Crippen molar-refractivity contribution in [3.8, 4) is 0 Å². The van der Waals surface area contributed by atoms with Crippen LogP contribution in [0.3, 0.4) is 0 Å². The normalized spacial score (nSPS) is 14.3. The van der Waals surface area contributed by atoms with Crippen molar-refractivity contribution in [1.29, 1.82) is 0 Å². The van der Waals surface area contributed by atoms with E-state index in [4.69, 9.17) is 0 Å². The van der Waals surface area contributed by atoms with Crippen LogP contribution in [0.4, 0.5) is 0 Å². The first-order valence-electron chi connectivity index (χ1n) is 6.74. The highest BCUT2D eigenvalue weighted by Crippen LogP contribution is 2.16. The number of hydrogen-bond acceptors (Lipinski definition) is 3. The summed E-state index contributed by atoms with van der Waals surface area (Å²) in [6, 6.07) is 0. The van der Waals surface area contributed by atoms with Gasteiger partial charge in [-0.25, -0.2) is 4.98 Å². The van der Waals surface area contributed by atoms with E-state index in [1.54, 1.807) is 0 Å². The molecule has 1 amide bonds. The molecule has 18 heavy (non-hydrogen) atoms. The molecule has 100 valence electrons. The number of aromatic nitrogens is 2. The average Bonchev–Trinajstić information content (AvgIpc) is 2.69. The van der Waals surface area contributed by atoms with Gasteiger partial charge in [-0.2, -0.15) is 0 Å². The number of fused-ring (bicyclic) bond motifs is 1. The summed E-state index contributed by atoms with van der Waals surface area (Å²) in [5.41, 5.74) is 2.45. The van der Waals surface area contributed by atoms with Crippen molar-refractivity contribution in [1.82, 2.24) is 20.2 Å². The largest absolute Gasteiger partial charge is 0.356 e. The van der Waals surface area contributed by atoms with E-state index in [1.165, 1.54) is 5.69 Å². The van der Waals surface area contributed by atoms with Gasteiger partial charge in [-0.3, -0.25) is 4.79 Å². The first-order valence-corrected chi connectivity index (χ1v) is 6.74. The molecule has 0 fully saturated rings. The zero-order chi connectivity index (χ0) is 13.0. The van der Waals surface area contributed by atoms with E-state index in [9.17, 15) is 4.79 Å². The molecule has 1 aliphatic rings. The Morgan fingerprint density at radius 2 is 2.39 bits per heavy atom. The number of amides is 1. The third-order valence-electron chi connectivity index (χ3n) is 3.31. The molecule has 5 heteroatoms. The molecule has 1 aromatic rings. The third kappa shape index (κ3) is 2.90. The molecule has 0 aromatic carbocycles. The molecule has 0 radical (unpaired) electrons. The molecule has 2 heterocycles. The Labute approximate surface area is 108 Å². The molecule has 0 bridgehead atoms. The van der Waals surface area contributed by atoms with Crippen LogP contribution in [0, 0.1) is 6.92 Å². The van der Waals surface area contributed by atoms with E-state index in [2.05, 4.69) is 27.1 Å². The summed E-state index contributed by atoms with van der Waals surface area (Å²) in [5.74, 6) is 1.15. The van der Waals surface area contributed by atoms with Gasteiger partial charge in [0.2, 0.25) is 5.91 Å². The Morgan fingerprint density at radius 1 is 1.56 bits per heavy atom. The fourth-order valence-corrected chi connectivity index (χ4v) is 2.37. The van der Waals surface area contributed by atoms with Crippen molar-refractivity contribution >= 4 is 5.91 Å². The van der Waals surface area contributed by atoms with E-state index in [-0.39, 0.29) is 5.91 Å². The monoisotopic (exact) mass is 250 g/mol. The van der Waals surface area contributed by atoms with Crippen LogP contribution in [-0.2, 0) is 24.3 Å². The summed E-state index contributed by atoms with van der Waals surface area (Å²) in [6.07, 6.45) is 2.53. The van der Waals surface area contributed by atoms with Gasteiger partial charge in [0.25, 0.3) is 0 Å². The number of nitrogens with one attached hydrogen (secondary N) is 2. The fourth-order valence-electron chi connectivity index (χ4n) is 2.37. The highest BCUT2D eigenvalue weighted by molar-refractivity contribution is 5.75. The van der Waals surface area contributed by atoms with Crippen LogP contribution in [-0.4, -0.2) is 28.5 Å². The molecular formula is C13H22N4O. The average molecular weight is 250 g/mol. The number of aryl methyl sites for hydroxylation is 1. The van der Waals surface area contributed by atoms with Crippen LogP contribution in [0.1, 0.15) is 37.0 Å². The molecule has 5 nitrogen and oxygen atoms in total. The summed E-state index contributed by atoms with van der Waals surface area (Å²) < 4.78 is 2.20. The zero-order valence-electron chi connectivity index (χ0n) is 11.3. The molecule has 0 spiro atoms. The number of nitrogens with zero attached hydrogens (tertiary/aromatic N) is 2. The Morgan fingerprint density at radius 3 is 3.17 bits per heavy atom. The Balaban J connectivity index is 1.97. The number of carbonyl (C=O) groups excluding carboxylic acids is 1. The molecule has 0 saturated heterocycles. The second-order valence-corrected chi connectivity index (χ2v) is 4.73. The number of carbonyl (C=O) groups is 1. The van der Waals surface area contributed by atoms with Crippen LogP contribution >= 0.6 is 0 Å². The van der Waals surface area contributed by atoms with Gasteiger partial charge in [0.1, 0.15) is 5.82 Å². The standard InChI is InChI=1S/C13H22N4O/c1-3-6-15-13(18)5-8-17-10(2)16-11-9-14-7-4-12(11)17/h14H,3-9H2,1-2H3,(H,15,18). The van der Waals surface area contributed by atoms with Crippen molar-refractivity contribution in [3.05, 3.63) is 17.2 Å². The van der Waals surface area contributed by atoms with E-state index < -0.39 is 0 Å². The Hall–Kier alpha value is -1.36. The minimum atomic E-state index is 0.132. The maximum Gasteiger partial charge on any atom is 0.221 e. The SMILES string of the molecule is CCCNC(=O)CCn1c(C)nc2c1CCNC2. The summed E-state index contributed by atoms with van der Waals surface area (Å²) in [4.78, 5) is 16.2. The van der Waals surface area contributed by atoms with Gasteiger partial charge in [-0.1, -0.05) is 6.92 Å². The lowest BCUT2D eigenvalue weighted by atomic mass is 10.2. The van der Waals surface area contributed by atoms with Crippen molar-refractivity contribution in [2.45, 2.75) is 46.2 Å². The Bertz CT molecular complexity index is 425. The molecule has 0 atom stereocenters. The van der Waals surface area contributed by atoms with Crippen LogP contribution in [0.25, 0.3) is 0 Å². The lowest BCUT2D eigenvalue weighted by molar-refractivity contribution is -0.121. The molecule has 0 aliphatic carbocycles. The first kappa shape index (κ1) is 13.1. The summed E-state index contributed by atoms with van der Waals surface area (Å²) in [6.45, 7) is 7.44. The number of hydrogen-bond donors (Lipinski definition) is 2. The van der Waals surface area contributed by atoms with Gasteiger partial charge in [0, 0.05) is 44.7 Å². The molecule has 1 aromatic heterocycles. The van der Waals surface area contributed by atoms with E-state index >= 15 is 0 Å². The summed E-state index contributed by atoms with van der Waals surface area (Å²) in [5, 5.41) is 6.23. The van der Waals surface area contributed by atoms with Gasteiger partial charge < -0.3 is 15.2 Å². The molecule has 0 unspecified atom stereocenters. The van der Waals surface area contributed by atoms with Gasteiger partial charge in [0.15, 0.2) is 0 Å². The Kier molecular flexibility index (Phi) is 4.36. The fraction of sp³-hybridized carbons (Fsp3) is 0.692. The summed E-state index contributed by atoms with van der Waals surface area (Å²) in [7, 11) is 0. The highest BCUT2D eigenvalue weighted by Gasteiger charge is 2.17. The van der Waals surface area contributed by atoms with Crippen LogP contribution in [0.5, 0.6) is 0 Å². The van der Waals surface area contributed by atoms with Gasteiger partial charge >= 0.3 is 0 Å². The summed E-state index contributed by atoms with van der Waals surface area (Å²) >= 11 is 0. The molecule has 2 N–H and O–H groups in total. The van der Waals surface area contributed by atoms with Gasteiger partial charge in [0.05, 0.1) is 5.69 Å². The predicted octanol–water partition coefficient (Wildman–Crippen LogP) is 0.754. The van der Waals surface area contributed by atoms with E-state index in [0.29, 0.717) is 6.42 Å². The zero-order valence-corrected chi connectivity index (χ0v) is 11.3. The second kappa shape index (κ2) is 6.00. The highest BCUT2D eigenvalue weighted by atomic mass is 16.1. The van der Waals surface area contributed by atoms with Crippen molar-refractivity contribution in [2.24, 2.45) is 0 Å². The smallest absolute Gasteiger partial charge is 0.221 e. The van der Waals surface area contributed by atoms with E-state index in [1.807, 2.05) is 6.92 Å². The third-order valence-corrected chi connectivity index (χ3v) is 3.31. The number of imidazole rings is 1. The van der Waals surface area contributed by atoms with Crippen molar-refractivity contribution in [2.75, 3.05) is 13.1 Å². The molecule has 1 aliphatic heterocycles. The molecular weight excluding hydrogens is 228 g/mol. The minimum Gasteiger partial charge on any atom is -0.356 e. The lowest BCUT2D eigenvalue weighted by Gasteiger charge is -2.15. The topological polar surface area (TPSA) is 59.0 Å². The van der Waals surface area contributed by atoms with Gasteiger partial charge in [-0.15, -0.1) is 0 Å². The number of rotatable bonds is 5. The quantitative estimate of drug-likeness (QED) is 0.811. The predicted molar refractivity (Wildman–Crippen MR) is 70.3 cm³/mol. The minimum absolute atomic E-state index is 0.132. The van der Waals surface area contributed by atoms with Crippen LogP contribution < -0.4 is 10.6 Å². The van der Waals surface area contributed by atoms with Crippen molar-refractivity contribution in [3.63, 3.8) is 0 Å². The van der Waals surface area contributed by atoms with Crippen LogP contribution in [0.15, 0.2) is 0 Å². The molecule has 2 rings (SSSR count). The van der Waals surface area contributed by atoms with Crippen LogP contribution in [0.2, 0.25) is 0 Å². The maximum atomic E-state index is 11.6. The maximum absolute atomic E-state index is 11.6. The molecule has 0 saturated carbocycles. The lowest BCUT2D eigenvalue weighted by Crippen LogP contribution is -2.27.